The standard InChI is InChI=1S/C8H11FN2O5S/c9-17(14,15)4-5-1-7(12)11(2-5)6-3-16-10-8(6)13/h5-6H,1-4H2,(H,10,13)/t5?,6-/m0/s1. The average Bonchev–Trinajstić information content (AvgIpc) is 2.70. The first-order valence-electron chi connectivity index (χ1n) is 5.00. The zero-order valence-corrected chi connectivity index (χ0v) is 9.57. The van der Waals surface area contributed by atoms with Crippen molar-refractivity contribution in [3.63, 3.8) is 0 Å². The Bertz CT molecular complexity index is 451. The molecular weight excluding hydrogens is 255 g/mol. The molecule has 2 saturated heterocycles. The molecule has 17 heavy (non-hydrogen) atoms. The van der Waals surface area contributed by atoms with E-state index in [1.807, 2.05) is 0 Å². The number of nitrogens with zero attached hydrogens (tertiary/aromatic N) is 1. The molecule has 1 unspecified atom stereocenters. The van der Waals surface area contributed by atoms with Crippen molar-refractivity contribution in [3.05, 3.63) is 0 Å². The summed E-state index contributed by atoms with van der Waals surface area (Å²) in [5.41, 5.74) is 2.10. The second-order valence-corrected chi connectivity index (χ2v) is 5.53. The summed E-state index contributed by atoms with van der Waals surface area (Å²) in [5.74, 6) is -2.10. The number of hydrogen-bond acceptors (Lipinski definition) is 5. The molecule has 0 aromatic heterocycles. The van der Waals surface area contributed by atoms with Crippen molar-refractivity contribution in [1.29, 1.82) is 0 Å². The van der Waals surface area contributed by atoms with Crippen LogP contribution in [0.5, 0.6) is 0 Å². The zero-order valence-electron chi connectivity index (χ0n) is 8.76. The highest BCUT2D eigenvalue weighted by Gasteiger charge is 2.41. The van der Waals surface area contributed by atoms with Crippen molar-refractivity contribution in [2.75, 3.05) is 18.9 Å². The highest BCUT2D eigenvalue weighted by Crippen LogP contribution is 2.23. The number of hydrogen-bond donors (Lipinski definition) is 1. The van der Waals surface area contributed by atoms with E-state index in [4.69, 9.17) is 0 Å². The molecule has 2 amide bonds. The number of carbonyl (C=O) groups is 2. The van der Waals surface area contributed by atoms with Gasteiger partial charge in [-0.15, -0.1) is 3.89 Å². The van der Waals surface area contributed by atoms with Crippen molar-refractivity contribution >= 4 is 22.0 Å². The van der Waals surface area contributed by atoms with E-state index in [1.54, 1.807) is 0 Å². The molecule has 7 nitrogen and oxygen atoms in total. The van der Waals surface area contributed by atoms with Crippen LogP contribution in [0.3, 0.4) is 0 Å². The molecule has 1 N–H and O–H groups in total. The van der Waals surface area contributed by atoms with Gasteiger partial charge in [-0.25, -0.2) is 5.48 Å². The van der Waals surface area contributed by atoms with Crippen LogP contribution in [-0.4, -0.2) is 50.1 Å². The van der Waals surface area contributed by atoms with Gasteiger partial charge in [-0.1, -0.05) is 0 Å². The molecule has 2 aliphatic rings. The van der Waals surface area contributed by atoms with Crippen LogP contribution < -0.4 is 5.48 Å². The number of hydroxylamine groups is 1. The summed E-state index contributed by atoms with van der Waals surface area (Å²) in [5, 5.41) is 0. The molecule has 0 aromatic carbocycles. The van der Waals surface area contributed by atoms with Crippen LogP contribution in [0.15, 0.2) is 0 Å². The first kappa shape index (κ1) is 12.2. The third-order valence-electron chi connectivity index (χ3n) is 2.77. The fourth-order valence-electron chi connectivity index (χ4n) is 2.07. The van der Waals surface area contributed by atoms with Crippen LogP contribution in [0.4, 0.5) is 3.89 Å². The lowest BCUT2D eigenvalue weighted by Gasteiger charge is -2.20. The van der Waals surface area contributed by atoms with E-state index in [2.05, 4.69) is 10.3 Å². The highest BCUT2D eigenvalue weighted by molar-refractivity contribution is 7.86. The number of halogens is 1. The molecule has 9 heteroatoms. The molecule has 2 heterocycles. The number of rotatable bonds is 3. The van der Waals surface area contributed by atoms with E-state index >= 15 is 0 Å². The van der Waals surface area contributed by atoms with Crippen LogP contribution in [0.1, 0.15) is 6.42 Å². The van der Waals surface area contributed by atoms with E-state index in [0.717, 1.165) is 0 Å². The van der Waals surface area contributed by atoms with Crippen LogP contribution in [0, 0.1) is 5.92 Å². The largest absolute Gasteiger partial charge is 0.328 e. The lowest BCUT2D eigenvalue weighted by molar-refractivity contribution is -0.135. The molecule has 0 saturated carbocycles. The van der Waals surface area contributed by atoms with Crippen LogP contribution in [0.2, 0.25) is 0 Å². The highest BCUT2D eigenvalue weighted by atomic mass is 32.3. The van der Waals surface area contributed by atoms with Crippen molar-refractivity contribution in [2.45, 2.75) is 12.5 Å². The van der Waals surface area contributed by atoms with Gasteiger partial charge in [0.15, 0.2) is 0 Å². The first-order valence-corrected chi connectivity index (χ1v) is 6.55. The molecule has 0 aliphatic carbocycles. The smallest absolute Gasteiger partial charge is 0.302 e. The topological polar surface area (TPSA) is 92.8 Å². The van der Waals surface area contributed by atoms with Gasteiger partial charge in [0.05, 0.1) is 5.75 Å². The summed E-state index contributed by atoms with van der Waals surface area (Å²) >= 11 is 0. The van der Waals surface area contributed by atoms with Gasteiger partial charge in [-0.3, -0.25) is 14.4 Å². The van der Waals surface area contributed by atoms with Gasteiger partial charge in [-0.2, -0.15) is 8.42 Å². The summed E-state index contributed by atoms with van der Waals surface area (Å²) in [6.07, 6.45) is -0.0626. The van der Waals surface area contributed by atoms with Crippen molar-refractivity contribution < 1.29 is 26.7 Å². The summed E-state index contributed by atoms with van der Waals surface area (Å²) in [7, 11) is -4.60. The third kappa shape index (κ3) is 2.72. The molecular formula is C8H11FN2O5S. The lowest BCUT2D eigenvalue weighted by atomic mass is 10.1. The maximum atomic E-state index is 12.5. The number of likely N-dealkylation sites (tertiary alicyclic amines) is 1. The maximum absolute atomic E-state index is 12.5. The summed E-state index contributed by atoms with van der Waals surface area (Å²) < 4.78 is 33.5. The van der Waals surface area contributed by atoms with Gasteiger partial charge < -0.3 is 4.90 Å². The number of amides is 2. The average molecular weight is 266 g/mol. The molecule has 0 bridgehead atoms. The summed E-state index contributed by atoms with van der Waals surface area (Å²) in [4.78, 5) is 28.8. The fourth-order valence-corrected chi connectivity index (χ4v) is 2.86. The van der Waals surface area contributed by atoms with Crippen molar-refractivity contribution in [1.82, 2.24) is 10.4 Å². The van der Waals surface area contributed by atoms with E-state index in [9.17, 15) is 21.9 Å². The van der Waals surface area contributed by atoms with Crippen molar-refractivity contribution in [3.8, 4) is 0 Å². The van der Waals surface area contributed by atoms with E-state index in [1.165, 1.54) is 4.90 Å². The Hall–Kier alpha value is -1.22. The minimum Gasteiger partial charge on any atom is -0.328 e. The SMILES string of the molecule is O=C1NOC[C@@H]1N1CC(CS(=O)(=O)F)CC1=O. The Labute approximate surface area is 97.1 Å². The Morgan fingerprint density at radius 3 is 2.71 bits per heavy atom. The molecule has 2 rings (SSSR count). The Morgan fingerprint density at radius 1 is 1.47 bits per heavy atom. The van der Waals surface area contributed by atoms with E-state index < -0.39 is 33.8 Å². The van der Waals surface area contributed by atoms with Gasteiger partial charge in [0.1, 0.15) is 12.6 Å². The Morgan fingerprint density at radius 2 is 2.18 bits per heavy atom. The predicted octanol–water partition coefficient (Wildman–Crippen LogP) is -1.44. The molecule has 0 aromatic rings. The predicted molar refractivity (Wildman–Crippen MR) is 52.6 cm³/mol. The van der Waals surface area contributed by atoms with Crippen LogP contribution >= 0.6 is 0 Å². The second kappa shape index (κ2) is 4.22. The first-order chi connectivity index (χ1) is 7.87. The summed E-state index contributed by atoms with van der Waals surface area (Å²) in [6, 6.07) is -0.741. The molecule has 0 radical (unpaired) electrons. The quantitative estimate of drug-likeness (QED) is 0.632. The normalized spacial score (nSPS) is 29.8. The monoisotopic (exact) mass is 266 g/mol. The number of carbonyl (C=O) groups excluding carboxylic acids is 2. The van der Waals surface area contributed by atoms with Gasteiger partial charge in [0.25, 0.3) is 5.91 Å². The van der Waals surface area contributed by atoms with Gasteiger partial charge in [0, 0.05) is 18.9 Å². The third-order valence-corrected chi connectivity index (χ3v) is 3.64. The van der Waals surface area contributed by atoms with Crippen molar-refractivity contribution in [2.24, 2.45) is 5.92 Å². The lowest BCUT2D eigenvalue weighted by Crippen LogP contribution is -2.43. The maximum Gasteiger partial charge on any atom is 0.302 e. The molecule has 96 valence electrons. The fraction of sp³-hybridized carbons (Fsp3) is 0.750. The summed E-state index contributed by atoms with van der Waals surface area (Å²) in [6.45, 7) is 0.0864. The van der Waals surface area contributed by atoms with Gasteiger partial charge in [-0.05, 0) is 0 Å². The van der Waals surface area contributed by atoms with E-state index in [-0.39, 0.29) is 25.5 Å². The van der Waals surface area contributed by atoms with E-state index in [0.29, 0.717) is 0 Å². The van der Waals surface area contributed by atoms with Gasteiger partial charge >= 0.3 is 10.2 Å². The van der Waals surface area contributed by atoms with Crippen LogP contribution in [-0.2, 0) is 24.6 Å². The Balaban J connectivity index is 2.02. The minimum atomic E-state index is -4.60. The number of nitrogens with one attached hydrogen (secondary N) is 1. The Kier molecular flexibility index (Phi) is 3.04. The second-order valence-electron chi connectivity index (χ2n) is 4.11. The molecule has 2 fully saturated rings. The molecule has 2 aliphatic heterocycles. The zero-order chi connectivity index (χ0) is 12.6. The molecule has 0 spiro atoms. The molecule has 2 atom stereocenters. The minimum absolute atomic E-state index is 0.0274. The van der Waals surface area contributed by atoms with Gasteiger partial charge in [0.2, 0.25) is 5.91 Å². The van der Waals surface area contributed by atoms with Crippen LogP contribution in [0.25, 0.3) is 0 Å².